The fourth-order valence-corrected chi connectivity index (χ4v) is 2.02. The molecule has 0 bridgehead atoms. The zero-order valence-corrected chi connectivity index (χ0v) is 10.9. The van der Waals surface area contributed by atoms with Crippen LogP contribution in [-0.4, -0.2) is 37.0 Å². The first-order chi connectivity index (χ1) is 8.79. The molecule has 1 aromatic rings. The number of aryl methyl sites for hydroxylation is 1. The van der Waals surface area contributed by atoms with Crippen molar-refractivity contribution in [1.29, 1.82) is 0 Å². The number of nitrogens with one attached hydrogen (secondary N) is 1. The van der Waals surface area contributed by atoms with Crippen LogP contribution in [0.1, 0.15) is 18.1 Å². The van der Waals surface area contributed by atoms with Crippen molar-refractivity contribution >= 4 is 12.0 Å². The quantitative estimate of drug-likeness (QED) is 0.821. The van der Waals surface area contributed by atoms with Crippen LogP contribution < -0.4 is 5.32 Å². The highest BCUT2D eigenvalue weighted by Gasteiger charge is 2.12. The van der Waals surface area contributed by atoms with E-state index in [-0.39, 0.29) is 5.91 Å². The Kier molecular flexibility index (Phi) is 4.53. The molecule has 1 heterocycles. The lowest BCUT2D eigenvalue weighted by Gasteiger charge is -2.26. The normalized spacial score (nSPS) is 16.2. The van der Waals surface area contributed by atoms with Crippen LogP contribution in [0.2, 0.25) is 0 Å². The minimum atomic E-state index is 0.107. The van der Waals surface area contributed by atoms with Crippen LogP contribution in [0.5, 0.6) is 0 Å². The van der Waals surface area contributed by atoms with E-state index in [1.807, 2.05) is 11.0 Å². The van der Waals surface area contributed by atoms with Gasteiger partial charge in [0.05, 0.1) is 0 Å². The summed E-state index contributed by atoms with van der Waals surface area (Å²) in [7, 11) is 0. The minimum absolute atomic E-state index is 0.107. The molecule has 0 aromatic heterocycles. The highest BCUT2D eigenvalue weighted by molar-refractivity contribution is 5.91. The highest BCUT2D eigenvalue weighted by atomic mass is 16.2. The third-order valence-electron chi connectivity index (χ3n) is 3.23. The van der Waals surface area contributed by atoms with Crippen LogP contribution >= 0.6 is 0 Å². The zero-order chi connectivity index (χ0) is 12.8. The van der Waals surface area contributed by atoms with Crippen molar-refractivity contribution in [3.63, 3.8) is 0 Å². The molecule has 1 fully saturated rings. The number of piperazine rings is 1. The van der Waals surface area contributed by atoms with Crippen LogP contribution in [0.15, 0.2) is 30.3 Å². The molecule has 3 heteroatoms. The minimum Gasteiger partial charge on any atom is -0.337 e. The molecular weight excluding hydrogens is 224 g/mol. The van der Waals surface area contributed by atoms with E-state index in [1.165, 1.54) is 5.56 Å². The summed E-state index contributed by atoms with van der Waals surface area (Å²) in [5, 5.41) is 3.24. The Bertz CT molecular complexity index is 417. The fraction of sp³-hybridized carbons (Fsp3) is 0.400. The van der Waals surface area contributed by atoms with Crippen LogP contribution in [0, 0.1) is 0 Å². The Morgan fingerprint density at radius 1 is 1.28 bits per heavy atom. The van der Waals surface area contributed by atoms with Gasteiger partial charge in [0.2, 0.25) is 5.91 Å². The molecule has 96 valence electrons. The average Bonchev–Trinajstić information content (AvgIpc) is 2.46. The molecule has 0 atom stereocenters. The second kappa shape index (κ2) is 6.36. The van der Waals surface area contributed by atoms with Gasteiger partial charge in [-0.15, -0.1) is 0 Å². The van der Waals surface area contributed by atoms with Crippen molar-refractivity contribution in [1.82, 2.24) is 10.2 Å². The lowest BCUT2D eigenvalue weighted by molar-refractivity contribution is -0.126. The molecule has 18 heavy (non-hydrogen) atoms. The predicted octanol–water partition coefficient (Wildman–Crippen LogP) is 1.69. The second-order valence-electron chi connectivity index (χ2n) is 4.50. The zero-order valence-electron chi connectivity index (χ0n) is 10.9. The summed E-state index contributed by atoms with van der Waals surface area (Å²) < 4.78 is 0. The van der Waals surface area contributed by atoms with Gasteiger partial charge in [-0.05, 0) is 23.6 Å². The van der Waals surface area contributed by atoms with E-state index in [1.54, 1.807) is 6.08 Å². The summed E-state index contributed by atoms with van der Waals surface area (Å²) in [6.07, 6.45) is 4.61. The van der Waals surface area contributed by atoms with Gasteiger partial charge in [-0.2, -0.15) is 0 Å². The standard InChI is InChI=1S/C15H20N2O/c1-2-13-3-5-14(6-4-13)7-8-15(18)17-11-9-16-10-12-17/h3-8,16H,2,9-12H2,1H3/b8-7+. The molecule has 1 aromatic carbocycles. The van der Waals surface area contributed by atoms with Crippen molar-refractivity contribution in [3.8, 4) is 0 Å². The number of nitrogens with zero attached hydrogens (tertiary/aromatic N) is 1. The van der Waals surface area contributed by atoms with Gasteiger partial charge in [0.15, 0.2) is 0 Å². The fourth-order valence-electron chi connectivity index (χ4n) is 2.02. The first-order valence-electron chi connectivity index (χ1n) is 6.56. The van der Waals surface area contributed by atoms with Crippen LogP contribution in [0.3, 0.4) is 0 Å². The maximum atomic E-state index is 11.9. The molecule has 0 spiro atoms. The molecule has 1 N–H and O–H groups in total. The second-order valence-corrected chi connectivity index (χ2v) is 4.50. The monoisotopic (exact) mass is 244 g/mol. The molecule has 3 nitrogen and oxygen atoms in total. The van der Waals surface area contributed by atoms with E-state index < -0.39 is 0 Å². The number of hydrogen-bond donors (Lipinski definition) is 1. The molecule has 1 saturated heterocycles. The Labute approximate surface area is 108 Å². The van der Waals surface area contributed by atoms with E-state index >= 15 is 0 Å². The summed E-state index contributed by atoms with van der Waals surface area (Å²) in [5.41, 5.74) is 2.40. The first-order valence-corrected chi connectivity index (χ1v) is 6.56. The Morgan fingerprint density at radius 2 is 1.94 bits per heavy atom. The summed E-state index contributed by atoms with van der Waals surface area (Å²) in [6.45, 7) is 5.53. The molecule has 0 saturated carbocycles. The molecular formula is C15H20N2O. The van der Waals surface area contributed by atoms with Gasteiger partial charge in [-0.1, -0.05) is 31.2 Å². The Morgan fingerprint density at radius 3 is 2.56 bits per heavy atom. The number of carbonyl (C=O) groups excluding carboxylic acids is 1. The molecule has 0 aliphatic carbocycles. The average molecular weight is 244 g/mol. The predicted molar refractivity (Wildman–Crippen MR) is 74.3 cm³/mol. The van der Waals surface area contributed by atoms with E-state index in [4.69, 9.17) is 0 Å². The lowest BCUT2D eigenvalue weighted by atomic mass is 10.1. The van der Waals surface area contributed by atoms with E-state index in [9.17, 15) is 4.79 Å². The third-order valence-corrected chi connectivity index (χ3v) is 3.23. The third kappa shape index (κ3) is 3.44. The molecule has 1 aliphatic rings. The van der Waals surface area contributed by atoms with Gasteiger partial charge >= 0.3 is 0 Å². The SMILES string of the molecule is CCc1ccc(/C=C/C(=O)N2CCNCC2)cc1. The van der Waals surface area contributed by atoms with Crippen LogP contribution in [-0.2, 0) is 11.2 Å². The van der Waals surface area contributed by atoms with Gasteiger partial charge in [-0.25, -0.2) is 0 Å². The number of rotatable bonds is 3. The lowest BCUT2D eigenvalue weighted by Crippen LogP contribution is -2.45. The largest absolute Gasteiger partial charge is 0.337 e. The summed E-state index contributed by atoms with van der Waals surface area (Å²) >= 11 is 0. The molecule has 1 aliphatic heterocycles. The van der Waals surface area contributed by atoms with Crippen molar-refractivity contribution in [2.75, 3.05) is 26.2 Å². The number of benzene rings is 1. The summed E-state index contributed by atoms with van der Waals surface area (Å²) in [5.74, 6) is 0.107. The van der Waals surface area contributed by atoms with Crippen molar-refractivity contribution in [3.05, 3.63) is 41.5 Å². The molecule has 1 amide bonds. The molecule has 0 radical (unpaired) electrons. The Balaban J connectivity index is 1.94. The van der Waals surface area contributed by atoms with Gasteiger partial charge in [0, 0.05) is 32.3 Å². The van der Waals surface area contributed by atoms with Crippen molar-refractivity contribution < 1.29 is 4.79 Å². The van der Waals surface area contributed by atoms with Gasteiger partial charge in [0.25, 0.3) is 0 Å². The smallest absolute Gasteiger partial charge is 0.246 e. The maximum absolute atomic E-state index is 11.9. The van der Waals surface area contributed by atoms with Gasteiger partial charge < -0.3 is 10.2 Å². The molecule has 2 rings (SSSR count). The Hall–Kier alpha value is -1.61. The van der Waals surface area contributed by atoms with Crippen LogP contribution in [0.4, 0.5) is 0 Å². The van der Waals surface area contributed by atoms with E-state index in [2.05, 4.69) is 36.5 Å². The first kappa shape index (κ1) is 12.8. The summed E-state index contributed by atoms with van der Waals surface area (Å²) in [4.78, 5) is 13.8. The summed E-state index contributed by atoms with van der Waals surface area (Å²) in [6, 6.07) is 8.32. The number of hydrogen-bond acceptors (Lipinski definition) is 2. The maximum Gasteiger partial charge on any atom is 0.246 e. The highest BCUT2D eigenvalue weighted by Crippen LogP contribution is 2.07. The topological polar surface area (TPSA) is 32.3 Å². The molecule has 0 unspecified atom stereocenters. The van der Waals surface area contributed by atoms with E-state index in [0.29, 0.717) is 0 Å². The van der Waals surface area contributed by atoms with Crippen molar-refractivity contribution in [2.24, 2.45) is 0 Å². The van der Waals surface area contributed by atoms with Gasteiger partial charge in [0.1, 0.15) is 0 Å². The number of amides is 1. The van der Waals surface area contributed by atoms with E-state index in [0.717, 1.165) is 38.2 Å². The van der Waals surface area contributed by atoms with Crippen LogP contribution in [0.25, 0.3) is 6.08 Å². The number of carbonyl (C=O) groups is 1. The van der Waals surface area contributed by atoms with Gasteiger partial charge in [-0.3, -0.25) is 4.79 Å². The van der Waals surface area contributed by atoms with Crippen molar-refractivity contribution in [2.45, 2.75) is 13.3 Å².